The lowest BCUT2D eigenvalue weighted by Gasteiger charge is -2.30. The highest BCUT2D eigenvalue weighted by atomic mass is 19.1. The molecule has 0 bridgehead atoms. The Balaban J connectivity index is 2.14. The number of carboxylic acids is 1. The first-order valence-electron chi connectivity index (χ1n) is 7.27. The van der Waals surface area contributed by atoms with Gasteiger partial charge in [0.1, 0.15) is 5.56 Å². The minimum absolute atomic E-state index is 0.0577. The third-order valence-corrected chi connectivity index (χ3v) is 4.10. The molecule has 2 rings (SSSR count). The zero-order valence-electron chi connectivity index (χ0n) is 11.7. The first kappa shape index (κ1) is 14.8. The quantitative estimate of drug-likeness (QED) is 0.863. The Kier molecular flexibility index (Phi) is 4.93. The predicted octanol–water partition coefficient (Wildman–Crippen LogP) is 3.69. The maximum Gasteiger partial charge on any atom is 0.338 e. The van der Waals surface area contributed by atoms with E-state index in [1.807, 2.05) is 0 Å². The van der Waals surface area contributed by atoms with Crippen LogP contribution in [-0.2, 0) is 0 Å². The number of halogens is 1. The number of carboxylic acid groups (broad SMARTS) is 1. The van der Waals surface area contributed by atoms with Crippen molar-refractivity contribution in [1.82, 2.24) is 4.98 Å². The van der Waals surface area contributed by atoms with Gasteiger partial charge in [0.05, 0.1) is 0 Å². The largest absolute Gasteiger partial charge is 0.478 e. The number of hydrogen-bond donors (Lipinski definition) is 2. The fraction of sp³-hybridized carbons (Fsp3) is 0.600. The summed E-state index contributed by atoms with van der Waals surface area (Å²) in [5.74, 6) is -1.46. The van der Waals surface area contributed by atoms with E-state index in [4.69, 9.17) is 5.11 Å². The van der Waals surface area contributed by atoms with E-state index in [2.05, 4.69) is 17.2 Å². The van der Waals surface area contributed by atoms with Crippen LogP contribution >= 0.6 is 0 Å². The van der Waals surface area contributed by atoms with Crippen LogP contribution in [0.4, 0.5) is 10.2 Å². The molecule has 0 spiro atoms. The molecule has 2 N–H and O–H groups in total. The van der Waals surface area contributed by atoms with Crippen LogP contribution in [0.1, 0.15) is 55.8 Å². The molecular formula is C15H21FN2O2. The summed E-state index contributed by atoms with van der Waals surface area (Å²) in [5.41, 5.74) is -0.332. The van der Waals surface area contributed by atoms with Gasteiger partial charge in [-0.3, -0.25) is 0 Å². The van der Waals surface area contributed by atoms with Gasteiger partial charge in [0.15, 0.2) is 11.6 Å². The van der Waals surface area contributed by atoms with Crippen molar-refractivity contribution in [2.75, 3.05) is 5.32 Å². The molecule has 1 heterocycles. The average Bonchev–Trinajstić information content (AvgIpc) is 2.47. The SMILES string of the molecule is CCC(Nc1nccc(C(=O)O)c1F)C1CCCCC1. The molecule has 4 nitrogen and oxygen atoms in total. The van der Waals surface area contributed by atoms with Crippen molar-refractivity contribution < 1.29 is 14.3 Å². The van der Waals surface area contributed by atoms with Gasteiger partial charge < -0.3 is 10.4 Å². The molecule has 0 aliphatic heterocycles. The molecule has 5 heteroatoms. The maximum absolute atomic E-state index is 14.1. The lowest BCUT2D eigenvalue weighted by atomic mass is 9.83. The molecule has 1 aromatic heterocycles. The van der Waals surface area contributed by atoms with Crippen LogP contribution in [0.3, 0.4) is 0 Å². The number of nitrogens with zero attached hydrogens (tertiary/aromatic N) is 1. The van der Waals surface area contributed by atoms with Crippen molar-refractivity contribution in [3.63, 3.8) is 0 Å². The van der Waals surface area contributed by atoms with Crippen molar-refractivity contribution in [2.24, 2.45) is 5.92 Å². The van der Waals surface area contributed by atoms with Gasteiger partial charge in [-0.25, -0.2) is 14.2 Å². The zero-order chi connectivity index (χ0) is 14.5. The molecule has 0 radical (unpaired) electrons. The van der Waals surface area contributed by atoms with Gasteiger partial charge in [0.2, 0.25) is 0 Å². The minimum atomic E-state index is -1.27. The van der Waals surface area contributed by atoms with Crippen molar-refractivity contribution >= 4 is 11.8 Å². The van der Waals surface area contributed by atoms with Gasteiger partial charge in [-0.2, -0.15) is 0 Å². The number of hydrogen-bond acceptors (Lipinski definition) is 3. The minimum Gasteiger partial charge on any atom is -0.478 e. The fourth-order valence-corrected chi connectivity index (χ4v) is 2.97. The number of aromatic carboxylic acids is 1. The Morgan fingerprint density at radius 1 is 1.50 bits per heavy atom. The van der Waals surface area contributed by atoms with Crippen molar-refractivity contribution in [2.45, 2.75) is 51.5 Å². The Morgan fingerprint density at radius 2 is 2.20 bits per heavy atom. The Bertz CT molecular complexity index is 473. The summed E-state index contributed by atoms with van der Waals surface area (Å²) < 4.78 is 14.1. The van der Waals surface area contributed by atoms with E-state index in [-0.39, 0.29) is 17.4 Å². The molecule has 1 unspecified atom stereocenters. The Hall–Kier alpha value is -1.65. The number of aromatic nitrogens is 1. The summed E-state index contributed by atoms with van der Waals surface area (Å²) in [6, 6.07) is 1.34. The zero-order valence-corrected chi connectivity index (χ0v) is 11.7. The topological polar surface area (TPSA) is 62.2 Å². The second kappa shape index (κ2) is 6.68. The van der Waals surface area contributed by atoms with Crippen LogP contribution in [0.25, 0.3) is 0 Å². The lowest BCUT2D eigenvalue weighted by Crippen LogP contribution is -2.31. The Labute approximate surface area is 118 Å². The Morgan fingerprint density at radius 3 is 2.80 bits per heavy atom. The highest BCUT2D eigenvalue weighted by molar-refractivity contribution is 5.88. The second-order valence-corrected chi connectivity index (χ2v) is 5.38. The number of rotatable bonds is 5. The monoisotopic (exact) mass is 280 g/mol. The van der Waals surface area contributed by atoms with E-state index < -0.39 is 11.8 Å². The predicted molar refractivity (Wildman–Crippen MR) is 75.4 cm³/mol. The van der Waals surface area contributed by atoms with E-state index >= 15 is 0 Å². The van der Waals surface area contributed by atoms with Crippen LogP contribution in [0, 0.1) is 11.7 Å². The molecule has 0 aromatic carbocycles. The highest BCUT2D eigenvalue weighted by Crippen LogP contribution is 2.30. The molecule has 1 fully saturated rings. The average molecular weight is 280 g/mol. The molecule has 110 valence electrons. The number of carbonyl (C=O) groups is 1. The van der Waals surface area contributed by atoms with Crippen molar-refractivity contribution in [3.05, 3.63) is 23.6 Å². The smallest absolute Gasteiger partial charge is 0.338 e. The van der Waals surface area contributed by atoms with E-state index in [0.717, 1.165) is 19.3 Å². The third-order valence-electron chi connectivity index (χ3n) is 4.10. The first-order chi connectivity index (χ1) is 9.63. The highest BCUT2D eigenvalue weighted by Gasteiger charge is 2.24. The molecule has 1 atom stereocenters. The van der Waals surface area contributed by atoms with Crippen LogP contribution < -0.4 is 5.32 Å². The van der Waals surface area contributed by atoms with E-state index in [0.29, 0.717) is 5.92 Å². The summed E-state index contributed by atoms with van der Waals surface area (Å²) in [6.45, 7) is 2.06. The number of anilines is 1. The van der Waals surface area contributed by atoms with Crippen LogP contribution in [0.2, 0.25) is 0 Å². The van der Waals surface area contributed by atoms with Crippen LogP contribution in [-0.4, -0.2) is 22.1 Å². The number of nitrogens with one attached hydrogen (secondary N) is 1. The summed E-state index contributed by atoms with van der Waals surface area (Å²) in [5, 5.41) is 12.0. The number of pyridine rings is 1. The molecule has 1 saturated carbocycles. The second-order valence-electron chi connectivity index (χ2n) is 5.38. The van der Waals surface area contributed by atoms with Gasteiger partial charge in [-0.05, 0) is 31.2 Å². The van der Waals surface area contributed by atoms with Gasteiger partial charge in [0, 0.05) is 12.2 Å². The first-order valence-corrected chi connectivity index (χ1v) is 7.27. The summed E-state index contributed by atoms with van der Waals surface area (Å²) in [4.78, 5) is 14.9. The summed E-state index contributed by atoms with van der Waals surface area (Å²) >= 11 is 0. The molecule has 0 amide bonds. The summed E-state index contributed by atoms with van der Waals surface area (Å²) in [6.07, 6.45) is 8.21. The standard InChI is InChI=1S/C15H21FN2O2/c1-2-12(10-6-4-3-5-7-10)18-14-13(16)11(15(19)20)8-9-17-14/h8-10,12H,2-7H2,1H3,(H,17,18)(H,19,20). The molecule has 20 heavy (non-hydrogen) atoms. The maximum atomic E-state index is 14.1. The molecular weight excluding hydrogens is 259 g/mol. The van der Waals surface area contributed by atoms with Gasteiger partial charge in [-0.1, -0.05) is 26.2 Å². The molecule has 1 aromatic rings. The van der Waals surface area contributed by atoms with E-state index in [1.165, 1.54) is 31.5 Å². The fourth-order valence-electron chi connectivity index (χ4n) is 2.97. The van der Waals surface area contributed by atoms with E-state index in [1.54, 1.807) is 0 Å². The van der Waals surface area contributed by atoms with Crippen molar-refractivity contribution in [3.8, 4) is 0 Å². The van der Waals surface area contributed by atoms with Crippen LogP contribution in [0.5, 0.6) is 0 Å². The van der Waals surface area contributed by atoms with Gasteiger partial charge in [-0.15, -0.1) is 0 Å². The lowest BCUT2D eigenvalue weighted by molar-refractivity contribution is 0.0692. The third kappa shape index (κ3) is 3.26. The van der Waals surface area contributed by atoms with E-state index in [9.17, 15) is 9.18 Å². The van der Waals surface area contributed by atoms with Crippen molar-refractivity contribution in [1.29, 1.82) is 0 Å². The normalized spacial score (nSPS) is 17.7. The molecule has 1 aliphatic rings. The van der Waals surface area contributed by atoms with Gasteiger partial charge in [0.25, 0.3) is 0 Å². The summed E-state index contributed by atoms with van der Waals surface area (Å²) in [7, 11) is 0. The molecule has 1 aliphatic carbocycles. The molecule has 0 saturated heterocycles. The van der Waals surface area contributed by atoms with Gasteiger partial charge >= 0.3 is 5.97 Å². The van der Waals surface area contributed by atoms with Crippen LogP contribution in [0.15, 0.2) is 12.3 Å².